The van der Waals surface area contributed by atoms with Crippen LogP contribution >= 0.6 is 23.4 Å². The van der Waals surface area contributed by atoms with Crippen LogP contribution in [0.25, 0.3) is 0 Å². The SMILES string of the molecule is Cc1ccc(SCCNS(=O)(=O)c2ccc(Cl)nc2)cc1. The van der Waals surface area contributed by atoms with Crippen molar-refractivity contribution in [2.45, 2.75) is 16.7 Å². The lowest BCUT2D eigenvalue weighted by Gasteiger charge is -2.06. The van der Waals surface area contributed by atoms with Gasteiger partial charge in [-0.25, -0.2) is 18.1 Å². The molecule has 4 nitrogen and oxygen atoms in total. The van der Waals surface area contributed by atoms with Gasteiger partial charge in [0.15, 0.2) is 0 Å². The first-order valence-corrected chi connectivity index (χ1v) is 9.13. The summed E-state index contributed by atoms with van der Waals surface area (Å²) in [7, 11) is -3.52. The first-order chi connectivity index (χ1) is 9.97. The topological polar surface area (TPSA) is 59.1 Å². The highest BCUT2D eigenvalue weighted by atomic mass is 35.5. The molecule has 1 heterocycles. The van der Waals surface area contributed by atoms with Gasteiger partial charge in [-0.05, 0) is 31.2 Å². The highest BCUT2D eigenvalue weighted by Gasteiger charge is 2.13. The first kappa shape index (κ1) is 16.3. The Hall–Kier alpha value is -1.08. The number of hydrogen-bond acceptors (Lipinski definition) is 4. The Kier molecular flexibility index (Phi) is 5.64. The predicted octanol–water partition coefficient (Wildman–Crippen LogP) is 3.11. The molecule has 0 radical (unpaired) electrons. The van der Waals surface area contributed by atoms with Crippen LogP contribution in [0.1, 0.15) is 5.56 Å². The minimum Gasteiger partial charge on any atom is -0.243 e. The van der Waals surface area contributed by atoms with Gasteiger partial charge in [0.2, 0.25) is 10.0 Å². The van der Waals surface area contributed by atoms with E-state index in [1.165, 1.54) is 23.9 Å². The molecule has 0 bridgehead atoms. The normalized spacial score (nSPS) is 11.5. The molecule has 2 rings (SSSR count). The molecule has 0 spiro atoms. The average Bonchev–Trinajstić information content (AvgIpc) is 2.46. The molecule has 7 heteroatoms. The lowest BCUT2D eigenvalue weighted by molar-refractivity contribution is 0.584. The fourth-order valence-electron chi connectivity index (χ4n) is 1.58. The quantitative estimate of drug-likeness (QED) is 0.498. The summed E-state index contributed by atoms with van der Waals surface area (Å²) in [6.07, 6.45) is 1.25. The molecule has 112 valence electrons. The number of nitrogens with zero attached hydrogens (tertiary/aromatic N) is 1. The molecule has 0 fully saturated rings. The van der Waals surface area contributed by atoms with Crippen LogP contribution in [0.15, 0.2) is 52.4 Å². The van der Waals surface area contributed by atoms with Crippen LogP contribution in [0.2, 0.25) is 5.15 Å². The third kappa shape index (κ3) is 5.00. The second-order valence-corrected chi connectivity index (χ2v) is 7.70. The highest BCUT2D eigenvalue weighted by molar-refractivity contribution is 7.99. The Morgan fingerprint density at radius 3 is 2.52 bits per heavy atom. The Labute approximate surface area is 134 Å². The van der Waals surface area contributed by atoms with E-state index in [1.807, 2.05) is 31.2 Å². The third-order valence-corrected chi connectivity index (χ3v) is 5.38. The zero-order chi connectivity index (χ0) is 15.3. The first-order valence-electron chi connectivity index (χ1n) is 6.28. The fraction of sp³-hybridized carbons (Fsp3) is 0.214. The number of benzene rings is 1. The van der Waals surface area contributed by atoms with Crippen molar-refractivity contribution in [3.05, 3.63) is 53.3 Å². The van der Waals surface area contributed by atoms with E-state index in [0.29, 0.717) is 12.3 Å². The largest absolute Gasteiger partial charge is 0.243 e. The van der Waals surface area contributed by atoms with Gasteiger partial charge in [0.1, 0.15) is 10.0 Å². The zero-order valence-electron chi connectivity index (χ0n) is 11.4. The van der Waals surface area contributed by atoms with Crippen LogP contribution in [0.3, 0.4) is 0 Å². The van der Waals surface area contributed by atoms with Crippen molar-refractivity contribution in [3.63, 3.8) is 0 Å². The lowest BCUT2D eigenvalue weighted by Crippen LogP contribution is -2.26. The van der Waals surface area contributed by atoms with E-state index in [0.717, 1.165) is 4.90 Å². The van der Waals surface area contributed by atoms with Crippen LogP contribution in [0, 0.1) is 6.92 Å². The third-order valence-electron chi connectivity index (χ3n) is 2.69. The van der Waals surface area contributed by atoms with Crippen molar-refractivity contribution in [2.24, 2.45) is 0 Å². The van der Waals surface area contributed by atoms with Crippen LogP contribution < -0.4 is 4.72 Å². The maximum absolute atomic E-state index is 12.0. The Bertz CT molecular complexity index is 686. The summed E-state index contributed by atoms with van der Waals surface area (Å²) in [6.45, 7) is 2.38. The molecule has 2 aromatic rings. The molecule has 0 aliphatic carbocycles. The van der Waals surface area contributed by atoms with E-state index in [9.17, 15) is 8.42 Å². The number of aryl methyl sites for hydroxylation is 1. The van der Waals surface area contributed by atoms with E-state index in [2.05, 4.69) is 9.71 Å². The maximum Gasteiger partial charge on any atom is 0.242 e. The molecule has 21 heavy (non-hydrogen) atoms. The number of sulfonamides is 1. The molecular weight excluding hydrogens is 328 g/mol. The lowest BCUT2D eigenvalue weighted by atomic mass is 10.2. The van der Waals surface area contributed by atoms with Crippen LogP contribution in [-0.2, 0) is 10.0 Å². The molecule has 0 unspecified atom stereocenters. The van der Waals surface area contributed by atoms with Gasteiger partial charge in [0, 0.05) is 23.4 Å². The molecule has 0 amide bonds. The van der Waals surface area contributed by atoms with Gasteiger partial charge in [-0.15, -0.1) is 11.8 Å². The number of aromatic nitrogens is 1. The summed E-state index contributed by atoms with van der Waals surface area (Å²) in [5.74, 6) is 0.656. The van der Waals surface area contributed by atoms with Crippen molar-refractivity contribution in [1.29, 1.82) is 0 Å². The monoisotopic (exact) mass is 342 g/mol. The van der Waals surface area contributed by atoms with E-state index in [-0.39, 0.29) is 10.0 Å². The van der Waals surface area contributed by atoms with Gasteiger partial charge >= 0.3 is 0 Å². The number of thioether (sulfide) groups is 1. The summed E-state index contributed by atoms with van der Waals surface area (Å²) in [6, 6.07) is 11.0. The number of nitrogens with one attached hydrogen (secondary N) is 1. The molecule has 0 saturated carbocycles. The molecule has 1 aromatic carbocycles. The Morgan fingerprint density at radius 2 is 1.90 bits per heavy atom. The van der Waals surface area contributed by atoms with Gasteiger partial charge in [-0.2, -0.15) is 0 Å². The van der Waals surface area contributed by atoms with Crippen molar-refractivity contribution in [3.8, 4) is 0 Å². The van der Waals surface area contributed by atoms with E-state index < -0.39 is 10.0 Å². The van der Waals surface area contributed by atoms with Crippen molar-refractivity contribution in [2.75, 3.05) is 12.3 Å². The number of hydrogen-bond donors (Lipinski definition) is 1. The average molecular weight is 343 g/mol. The second kappa shape index (κ2) is 7.26. The van der Waals surface area contributed by atoms with Crippen molar-refractivity contribution < 1.29 is 8.42 Å². The molecule has 0 aliphatic rings. The highest BCUT2D eigenvalue weighted by Crippen LogP contribution is 2.18. The maximum atomic E-state index is 12.0. The molecule has 1 aromatic heterocycles. The Morgan fingerprint density at radius 1 is 1.19 bits per heavy atom. The smallest absolute Gasteiger partial charge is 0.242 e. The van der Waals surface area contributed by atoms with Gasteiger partial charge in [0.25, 0.3) is 0 Å². The van der Waals surface area contributed by atoms with Gasteiger partial charge in [-0.3, -0.25) is 0 Å². The summed E-state index contributed by atoms with van der Waals surface area (Å²) >= 11 is 7.24. The van der Waals surface area contributed by atoms with E-state index >= 15 is 0 Å². The standard InChI is InChI=1S/C14H15ClN2O2S2/c1-11-2-4-12(5-3-11)20-9-8-17-21(18,19)13-6-7-14(15)16-10-13/h2-7,10,17H,8-9H2,1H3. The summed E-state index contributed by atoms with van der Waals surface area (Å²) in [4.78, 5) is 5.01. The number of pyridine rings is 1. The number of halogens is 1. The molecule has 0 atom stereocenters. The Balaban J connectivity index is 1.85. The molecule has 1 N–H and O–H groups in total. The van der Waals surface area contributed by atoms with Gasteiger partial charge in [0.05, 0.1) is 0 Å². The van der Waals surface area contributed by atoms with Crippen LogP contribution in [-0.4, -0.2) is 25.7 Å². The van der Waals surface area contributed by atoms with Crippen molar-refractivity contribution >= 4 is 33.4 Å². The molecule has 0 saturated heterocycles. The minimum atomic E-state index is -3.52. The number of rotatable bonds is 6. The fourth-order valence-corrected chi connectivity index (χ4v) is 3.57. The van der Waals surface area contributed by atoms with E-state index in [1.54, 1.807) is 11.8 Å². The van der Waals surface area contributed by atoms with Gasteiger partial charge < -0.3 is 0 Å². The summed E-state index contributed by atoms with van der Waals surface area (Å²) in [5, 5.41) is 0.267. The molecular formula is C14H15ClN2O2S2. The van der Waals surface area contributed by atoms with Crippen LogP contribution in [0.4, 0.5) is 0 Å². The predicted molar refractivity (Wildman–Crippen MR) is 86.3 cm³/mol. The molecule has 0 aliphatic heterocycles. The van der Waals surface area contributed by atoms with E-state index in [4.69, 9.17) is 11.6 Å². The van der Waals surface area contributed by atoms with Crippen molar-refractivity contribution in [1.82, 2.24) is 9.71 Å². The summed E-state index contributed by atoms with van der Waals surface area (Å²) < 4.78 is 26.5. The second-order valence-electron chi connectivity index (χ2n) is 4.38. The minimum absolute atomic E-state index is 0.118. The van der Waals surface area contributed by atoms with Crippen LogP contribution in [0.5, 0.6) is 0 Å². The zero-order valence-corrected chi connectivity index (χ0v) is 13.8. The summed E-state index contributed by atoms with van der Waals surface area (Å²) in [5.41, 5.74) is 1.20. The van der Waals surface area contributed by atoms with Gasteiger partial charge in [-0.1, -0.05) is 29.3 Å².